The minimum atomic E-state index is -0.485. The number of benzene rings is 1. The maximum atomic E-state index is 11.9. The highest BCUT2D eigenvalue weighted by Gasteiger charge is 2.11. The van der Waals surface area contributed by atoms with Crippen LogP contribution in [0.5, 0.6) is 0 Å². The van der Waals surface area contributed by atoms with Crippen LogP contribution in [0.1, 0.15) is 16.1 Å². The Labute approximate surface area is 136 Å². The number of amides is 2. The van der Waals surface area contributed by atoms with Gasteiger partial charge in [0.2, 0.25) is 0 Å². The molecule has 1 heterocycles. The molecule has 0 atom stereocenters. The third-order valence-electron chi connectivity index (χ3n) is 2.51. The summed E-state index contributed by atoms with van der Waals surface area (Å²) in [4.78, 5) is 23.4. The van der Waals surface area contributed by atoms with Crippen molar-refractivity contribution in [1.29, 1.82) is 0 Å². The predicted octanol–water partition coefficient (Wildman–Crippen LogP) is 2.47. The average molecular weight is 340 g/mol. The maximum Gasteiger partial charge on any atom is 0.259 e. The quantitative estimate of drug-likeness (QED) is 0.648. The first-order valence-corrected chi connectivity index (χ1v) is 6.90. The van der Waals surface area contributed by atoms with Crippen LogP contribution in [0.25, 0.3) is 0 Å². The normalized spacial score (nSPS) is 10.6. The lowest BCUT2D eigenvalue weighted by molar-refractivity contribution is -0.120. The Kier molecular flexibility index (Phi) is 5.57. The molecule has 0 saturated carbocycles. The second-order valence-corrected chi connectivity index (χ2v) is 4.96. The maximum absolute atomic E-state index is 11.9. The van der Waals surface area contributed by atoms with Crippen LogP contribution in [-0.4, -0.2) is 24.6 Å². The van der Waals surface area contributed by atoms with E-state index in [0.717, 1.165) is 0 Å². The highest BCUT2D eigenvalue weighted by molar-refractivity contribution is 6.36. The van der Waals surface area contributed by atoms with E-state index < -0.39 is 11.8 Å². The van der Waals surface area contributed by atoms with Gasteiger partial charge in [0, 0.05) is 5.02 Å². The van der Waals surface area contributed by atoms with Gasteiger partial charge in [-0.2, -0.15) is 5.10 Å². The lowest BCUT2D eigenvalue weighted by Gasteiger charge is -2.06. The monoisotopic (exact) mass is 339 g/mol. The van der Waals surface area contributed by atoms with Crippen molar-refractivity contribution in [2.24, 2.45) is 5.10 Å². The molecule has 1 aromatic heterocycles. The molecule has 0 fully saturated rings. The van der Waals surface area contributed by atoms with Crippen LogP contribution in [-0.2, 0) is 4.79 Å². The van der Waals surface area contributed by atoms with Gasteiger partial charge < -0.3 is 9.73 Å². The average Bonchev–Trinajstić information content (AvgIpc) is 2.98. The number of nitrogens with one attached hydrogen (secondary N) is 2. The number of carbonyl (C=O) groups excluding carboxylic acids is 2. The number of hydrogen-bond acceptors (Lipinski definition) is 4. The lowest BCUT2D eigenvalue weighted by Crippen LogP contribution is -2.35. The Hall–Kier alpha value is -2.31. The van der Waals surface area contributed by atoms with Crippen molar-refractivity contribution in [1.82, 2.24) is 10.7 Å². The fourth-order valence-electron chi connectivity index (χ4n) is 1.50. The van der Waals surface area contributed by atoms with E-state index in [1.165, 1.54) is 30.7 Å². The lowest BCUT2D eigenvalue weighted by atomic mass is 10.2. The zero-order valence-corrected chi connectivity index (χ0v) is 12.7. The summed E-state index contributed by atoms with van der Waals surface area (Å²) in [7, 11) is 0. The Morgan fingerprint density at radius 1 is 1.27 bits per heavy atom. The summed E-state index contributed by atoms with van der Waals surface area (Å²) >= 11 is 11.6. The number of carbonyl (C=O) groups is 2. The van der Waals surface area contributed by atoms with Gasteiger partial charge in [0.05, 0.1) is 29.6 Å². The minimum Gasteiger partial charge on any atom is -0.463 e. The molecule has 0 aliphatic carbocycles. The van der Waals surface area contributed by atoms with Crippen molar-refractivity contribution in [2.45, 2.75) is 0 Å². The van der Waals surface area contributed by atoms with E-state index in [0.29, 0.717) is 10.8 Å². The molecule has 0 aliphatic rings. The number of nitrogens with zero attached hydrogens (tertiary/aromatic N) is 1. The fraction of sp³-hybridized carbons (Fsp3) is 0.0714. The number of furan rings is 1. The van der Waals surface area contributed by atoms with E-state index >= 15 is 0 Å². The molecule has 0 radical (unpaired) electrons. The summed E-state index contributed by atoms with van der Waals surface area (Å²) in [5.74, 6) is -0.467. The third-order valence-corrected chi connectivity index (χ3v) is 3.06. The van der Waals surface area contributed by atoms with Gasteiger partial charge in [-0.3, -0.25) is 9.59 Å². The van der Waals surface area contributed by atoms with E-state index in [4.69, 9.17) is 27.6 Å². The molecule has 1 aromatic carbocycles. The SMILES string of the molecule is O=C(CNC(=O)c1ccc(Cl)cc1Cl)N/N=C/c1ccco1. The van der Waals surface area contributed by atoms with E-state index in [-0.39, 0.29) is 17.1 Å². The Morgan fingerprint density at radius 2 is 2.09 bits per heavy atom. The largest absolute Gasteiger partial charge is 0.463 e. The molecular weight excluding hydrogens is 329 g/mol. The number of halogens is 2. The van der Waals surface area contributed by atoms with E-state index in [1.54, 1.807) is 12.1 Å². The first-order chi connectivity index (χ1) is 10.6. The molecule has 0 aliphatic heterocycles. The summed E-state index contributed by atoms with van der Waals surface area (Å²) in [6, 6.07) is 7.84. The Balaban J connectivity index is 1.81. The van der Waals surface area contributed by atoms with Gasteiger partial charge in [-0.05, 0) is 30.3 Å². The van der Waals surface area contributed by atoms with E-state index in [2.05, 4.69) is 15.8 Å². The van der Waals surface area contributed by atoms with E-state index in [1.807, 2.05) is 0 Å². The molecule has 6 nitrogen and oxygen atoms in total. The summed E-state index contributed by atoms with van der Waals surface area (Å²) in [6.07, 6.45) is 2.83. The molecule has 2 N–H and O–H groups in total. The van der Waals surface area contributed by atoms with Crippen LogP contribution in [0.2, 0.25) is 10.0 Å². The highest BCUT2D eigenvalue weighted by Crippen LogP contribution is 2.20. The molecule has 114 valence electrons. The Morgan fingerprint density at radius 3 is 2.77 bits per heavy atom. The predicted molar refractivity (Wildman–Crippen MR) is 83.2 cm³/mol. The zero-order chi connectivity index (χ0) is 15.9. The third kappa shape index (κ3) is 4.61. The topological polar surface area (TPSA) is 83.7 Å². The van der Waals surface area contributed by atoms with Crippen molar-refractivity contribution in [3.63, 3.8) is 0 Å². The molecule has 0 spiro atoms. The summed E-state index contributed by atoms with van der Waals surface area (Å²) in [6.45, 7) is -0.243. The minimum absolute atomic E-state index is 0.209. The Bertz CT molecular complexity index is 699. The molecule has 2 aromatic rings. The van der Waals surface area contributed by atoms with Crippen LogP contribution < -0.4 is 10.7 Å². The van der Waals surface area contributed by atoms with Crippen molar-refractivity contribution in [2.75, 3.05) is 6.54 Å². The standard InChI is InChI=1S/C14H11Cl2N3O3/c15-9-3-4-11(12(16)6-9)14(21)17-8-13(20)19-18-7-10-2-1-5-22-10/h1-7H,8H2,(H,17,21)(H,19,20)/b18-7+. The van der Waals surface area contributed by atoms with Crippen LogP contribution in [0.4, 0.5) is 0 Å². The summed E-state index contributed by atoms with van der Waals surface area (Å²) < 4.78 is 5.00. The fourth-order valence-corrected chi connectivity index (χ4v) is 2.00. The van der Waals surface area contributed by atoms with E-state index in [9.17, 15) is 9.59 Å². The van der Waals surface area contributed by atoms with Gasteiger partial charge >= 0.3 is 0 Å². The first-order valence-electron chi connectivity index (χ1n) is 6.15. The van der Waals surface area contributed by atoms with Crippen molar-refractivity contribution in [3.05, 3.63) is 58.0 Å². The molecular formula is C14H11Cl2N3O3. The second kappa shape index (κ2) is 7.63. The number of rotatable bonds is 5. The van der Waals surface area contributed by atoms with Gasteiger partial charge in [0.15, 0.2) is 0 Å². The van der Waals surface area contributed by atoms with Gasteiger partial charge in [0.25, 0.3) is 11.8 Å². The molecule has 0 saturated heterocycles. The second-order valence-electron chi connectivity index (χ2n) is 4.12. The van der Waals surface area contributed by atoms with Gasteiger partial charge in [-0.25, -0.2) is 5.43 Å². The van der Waals surface area contributed by atoms with Gasteiger partial charge in [-0.1, -0.05) is 23.2 Å². The van der Waals surface area contributed by atoms with Crippen molar-refractivity contribution in [3.8, 4) is 0 Å². The molecule has 2 rings (SSSR count). The van der Waals surface area contributed by atoms with Gasteiger partial charge in [-0.15, -0.1) is 0 Å². The molecule has 0 bridgehead atoms. The number of hydrazone groups is 1. The van der Waals surface area contributed by atoms with Gasteiger partial charge in [0.1, 0.15) is 5.76 Å². The first kappa shape index (κ1) is 16.1. The van der Waals surface area contributed by atoms with Crippen LogP contribution in [0.15, 0.2) is 46.1 Å². The van der Waals surface area contributed by atoms with Crippen molar-refractivity contribution >= 4 is 41.2 Å². The molecule has 22 heavy (non-hydrogen) atoms. The smallest absolute Gasteiger partial charge is 0.259 e. The van der Waals surface area contributed by atoms with Crippen LogP contribution in [0.3, 0.4) is 0 Å². The molecule has 8 heteroatoms. The zero-order valence-electron chi connectivity index (χ0n) is 11.2. The molecule has 2 amide bonds. The summed E-state index contributed by atoms with van der Waals surface area (Å²) in [5, 5.41) is 6.74. The van der Waals surface area contributed by atoms with Crippen LogP contribution >= 0.6 is 23.2 Å². The highest BCUT2D eigenvalue weighted by atomic mass is 35.5. The van der Waals surface area contributed by atoms with Crippen molar-refractivity contribution < 1.29 is 14.0 Å². The van der Waals surface area contributed by atoms with Crippen LogP contribution in [0, 0.1) is 0 Å². The summed E-state index contributed by atoms with van der Waals surface area (Å²) in [5.41, 5.74) is 2.49. The molecule has 0 unspecified atom stereocenters. The number of hydrogen-bond donors (Lipinski definition) is 2.